The van der Waals surface area contributed by atoms with E-state index in [1.165, 1.54) is 48.5 Å². The molecule has 0 aliphatic heterocycles. The lowest BCUT2D eigenvalue weighted by atomic mass is 9.90. The van der Waals surface area contributed by atoms with Crippen molar-refractivity contribution in [1.82, 2.24) is 10.6 Å². The van der Waals surface area contributed by atoms with Gasteiger partial charge in [-0.15, -0.1) is 0 Å². The summed E-state index contributed by atoms with van der Waals surface area (Å²) in [5.41, 5.74) is -0.148. The normalized spacial score (nSPS) is 17.3. The van der Waals surface area contributed by atoms with Crippen molar-refractivity contribution < 1.29 is 28.9 Å². The fourth-order valence-electron chi connectivity index (χ4n) is 3.60. The summed E-state index contributed by atoms with van der Waals surface area (Å²) in [6.45, 7) is -0.531. The van der Waals surface area contributed by atoms with Gasteiger partial charge in [-0.2, -0.15) is 0 Å². The van der Waals surface area contributed by atoms with E-state index < -0.39 is 9.85 Å². The van der Waals surface area contributed by atoms with Gasteiger partial charge in [-0.3, -0.25) is 29.8 Å². The minimum Gasteiger partial charge on any atom is -0.484 e. The second-order valence-corrected chi connectivity index (χ2v) is 7.71. The summed E-state index contributed by atoms with van der Waals surface area (Å²) in [5, 5.41) is 27.1. The van der Waals surface area contributed by atoms with Crippen LogP contribution in [0.3, 0.4) is 0 Å². The van der Waals surface area contributed by atoms with E-state index >= 15 is 0 Å². The third kappa shape index (κ3) is 7.15. The molecule has 0 saturated heterocycles. The third-order valence-electron chi connectivity index (χ3n) is 5.29. The van der Waals surface area contributed by atoms with Crippen LogP contribution in [0.2, 0.25) is 0 Å². The number of nitrogens with zero attached hydrogens (tertiary/aromatic N) is 2. The number of amides is 2. The molecule has 12 nitrogen and oxygen atoms in total. The van der Waals surface area contributed by atoms with Gasteiger partial charge in [0.1, 0.15) is 11.5 Å². The Balaban J connectivity index is 1.45. The number of hydrogen-bond donors (Lipinski definition) is 2. The zero-order valence-electron chi connectivity index (χ0n) is 18.2. The van der Waals surface area contributed by atoms with Gasteiger partial charge < -0.3 is 20.1 Å². The Kier molecular flexibility index (Phi) is 8.32. The molecular formula is C22H24N4O8. The van der Waals surface area contributed by atoms with Crippen molar-refractivity contribution in [2.45, 2.75) is 37.8 Å². The van der Waals surface area contributed by atoms with Crippen LogP contribution in [0.15, 0.2) is 48.5 Å². The number of nitro groups is 2. The highest BCUT2D eigenvalue weighted by Crippen LogP contribution is 2.20. The van der Waals surface area contributed by atoms with Gasteiger partial charge in [-0.1, -0.05) is 12.8 Å². The maximum Gasteiger partial charge on any atom is 0.269 e. The molecule has 1 aliphatic rings. The molecule has 0 aromatic heterocycles. The van der Waals surface area contributed by atoms with Crippen LogP contribution < -0.4 is 20.1 Å². The molecule has 180 valence electrons. The number of hydrogen-bond acceptors (Lipinski definition) is 8. The number of ether oxygens (including phenoxy) is 2. The number of benzene rings is 2. The summed E-state index contributed by atoms with van der Waals surface area (Å²) in [4.78, 5) is 45.0. The fourth-order valence-corrected chi connectivity index (χ4v) is 3.60. The molecule has 1 aliphatic carbocycles. The standard InChI is InChI=1S/C22H24N4O8/c27-21(13-33-17-9-5-15(6-10-17)25(29)30)23-19-3-1-2-4-20(19)24-22(28)14-34-18-11-7-16(8-12-18)26(31)32/h5-12,19-20H,1-4,13-14H2,(H,23,27)(H,24,28)/t19-,20-/m1/s1. The number of rotatable bonds is 10. The molecule has 0 spiro atoms. The highest BCUT2D eigenvalue weighted by atomic mass is 16.6. The van der Waals surface area contributed by atoms with Gasteiger partial charge in [0.2, 0.25) is 0 Å². The van der Waals surface area contributed by atoms with Crippen molar-refractivity contribution in [3.8, 4) is 11.5 Å². The number of nitrogens with one attached hydrogen (secondary N) is 2. The Morgan fingerprint density at radius 1 is 0.735 bits per heavy atom. The summed E-state index contributed by atoms with van der Waals surface area (Å²) in [6.07, 6.45) is 3.19. The lowest BCUT2D eigenvalue weighted by Gasteiger charge is -2.32. The summed E-state index contributed by atoms with van der Waals surface area (Å²) in [6, 6.07) is 10.3. The van der Waals surface area contributed by atoms with E-state index in [1.54, 1.807) is 0 Å². The van der Waals surface area contributed by atoms with Gasteiger partial charge in [0, 0.05) is 36.3 Å². The molecule has 1 saturated carbocycles. The summed E-state index contributed by atoms with van der Waals surface area (Å²) >= 11 is 0. The Hall–Kier alpha value is -4.22. The van der Waals surface area contributed by atoms with Crippen LogP contribution in [-0.4, -0.2) is 47.0 Å². The monoisotopic (exact) mass is 472 g/mol. The van der Waals surface area contributed by atoms with E-state index in [4.69, 9.17) is 9.47 Å². The molecule has 2 amide bonds. The molecule has 2 N–H and O–H groups in total. The summed E-state index contributed by atoms with van der Waals surface area (Å²) < 4.78 is 10.8. The topological polar surface area (TPSA) is 163 Å². The van der Waals surface area contributed by atoms with E-state index in [-0.39, 0.29) is 48.5 Å². The van der Waals surface area contributed by atoms with Crippen molar-refractivity contribution in [3.63, 3.8) is 0 Å². The first-order valence-corrected chi connectivity index (χ1v) is 10.6. The van der Waals surface area contributed by atoms with Gasteiger partial charge in [0.05, 0.1) is 9.85 Å². The maximum atomic E-state index is 12.3. The smallest absolute Gasteiger partial charge is 0.269 e. The predicted octanol–water partition coefficient (Wildman–Crippen LogP) is 2.50. The highest BCUT2D eigenvalue weighted by molar-refractivity contribution is 5.79. The minimum absolute atomic E-state index is 0.0739. The highest BCUT2D eigenvalue weighted by Gasteiger charge is 2.28. The van der Waals surface area contributed by atoms with Crippen LogP contribution in [0.1, 0.15) is 25.7 Å². The Labute approximate surface area is 194 Å². The Morgan fingerprint density at radius 3 is 1.41 bits per heavy atom. The molecule has 2 aromatic carbocycles. The SMILES string of the molecule is O=C(COc1ccc([N+](=O)[O-])cc1)N[C@@H]1CCCC[C@H]1NC(=O)COc1ccc([N+](=O)[O-])cc1. The molecule has 1 fully saturated rings. The van der Waals surface area contributed by atoms with Crippen molar-refractivity contribution in [3.05, 3.63) is 68.8 Å². The van der Waals surface area contributed by atoms with Crippen LogP contribution in [0.25, 0.3) is 0 Å². The molecule has 0 radical (unpaired) electrons. The predicted molar refractivity (Wildman–Crippen MR) is 120 cm³/mol. The number of carbonyl (C=O) groups excluding carboxylic acids is 2. The van der Waals surface area contributed by atoms with Gasteiger partial charge in [-0.05, 0) is 37.1 Å². The molecule has 0 unspecified atom stereocenters. The molecular weight excluding hydrogens is 448 g/mol. The minimum atomic E-state index is -0.523. The lowest BCUT2D eigenvalue weighted by molar-refractivity contribution is -0.385. The number of non-ortho nitro benzene ring substituents is 2. The van der Waals surface area contributed by atoms with Crippen molar-refractivity contribution in [1.29, 1.82) is 0 Å². The molecule has 2 aromatic rings. The average Bonchev–Trinajstić information content (AvgIpc) is 2.83. The fraction of sp³-hybridized carbons (Fsp3) is 0.364. The van der Waals surface area contributed by atoms with Crippen molar-refractivity contribution >= 4 is 23.2 Å². The average molecular weight is 472 g/mol. The summed E-state index contributed by atoms with van der Waals surface area (Å²) in [5.74, 6) is -0.0754. The Bertz CT molecular complexity index is 943. The molecule has 12 heteroatoms. The quantitative estimate of drug-likeness (QED) is 0.393. The maximum absolute atomic E-state index is 12.3. The van der Waals surface area contributed by atoms with E-state index in [1.807, 2.05) is 0 Å². The molecule has 3 rings (SSSR count). The van der Waals surface area contributed by atoms with Gasteiger partial charge in [0.15, 0.2) is 13.2 Å². The van der Waals surface area contributed by atoms with Crippen LogP contribution in [0, 0.1) is 20.2 Å². The van der Waals surface area contributed by atoms with E-state index in [2.05, 4.69) is 10.6 Å². The lowest BCUT2D eigenvalue weighted by Crippen LogP contribution is -2.54. The van der Waals surface area contributed by atoms with Crippen LogP contribution in [0.5, 0.6) is 11.5 Å². The molecule has 34 heavy (non-hydrogen) atoms. The van der Waals surface area contributed by atoms with Gasteiger partial charge in [-0.25, -0.2) is 0 Å². The van der Waals surface area contributed by atoms with Gasteiger partial charge in [0.25, 0.3) is 23.2 Å². The van der Waals surface area contributed by atoms with Crippen molar-refractivity contribution in [2.24, 2.45) is 0 Å². The largest absolute Gasteiger partial charge is 0.484 e. The van der Waals surface area contributed by atoms with Gasteiger partial charge >= 0.3 is 0 Å². The van der Waals surface area contributed by atoms with E-state index in [9.17, 15) is 29.8 Å². The molecule has 2 atom stereocenters. The van der Waals surface area contributed by atoms with Crippen LogP contribution >= 0.6 is 0 Å². The van der Waals surface area contributed by atoms with E-state index in [0.717, 1.165) is 12.8 Å². The molecule has 0 heterocycles. The molecule has 0 bridgehead atoms. The zero-order chi connectivity index (χ0) is 24.5. The first-order valence-electron chi connectivity index (χ1n) is 10.6. The zero-order valence-corrected chi connectivity index (χ0v) is 18.2. The van der Waals surface area contributed by atoms with E-state index in [0.29, 0.717) is 24.3 Å². The van der Waals surface area contributed by atoms with Crippen LogP contribution in [0.4, 0.5) is 11.4 Å². The number of nitro benzene ring substituents is 2. The second-order valence-electron chi connectivity index (χ2n) is 7.71. The van der Waals surface area contributed by atoms with Crippen LogP contribution in [-0.2, 0) is 9.59 Å². The van der Waals surface area contributed by atoms with Crippen molar-refractivity contribution in [2.75, 3.05) is 13.2 Å². The Morgan fingerprint density at radius 2 is 1.09 bits per heavy atom. The number of carbonyl (C=O) groups is 2. The second kappa shape index (κ2) is 11.6. The first-order chi connectivity index (χ1) is 16.3. The summed E-state index contributed by atoms with van der Waals surface area (Å²) in [7, 11) is 0. The third-order valence-corrected chi connectivity index (χ3v) is 5.29. The first kappa shape index (κ1) is 24.4.